The SMILES string of the molecule is COc1ccc(N2C(=O)c3cc(C(C)(C)C)nn3C[C@]2(C)C(=O)NC2CCCCC2)c(OC)c1. The molecule has 1 atom stereocenters. The van der Waals surface area contributed by atoms with Gasteiger partial charge in [0.2, 0.25) is 5.91 Å². The maximum absolute atomic E-state index is 14.0. The van der Waals surface area contributed by atoms with Crippen LogP contribution in [0.15, 0.2) is 24.3 Å². The van der Waals surface area contributed by atoms with E-state index in [1.54, 1.807) is 42.0 Å². The zero-order chi connectivity index (χ0) is 24.7. The number of anilines is 1. The van der Waals surface area contributed by atoms with Gasteiger partial charge in [-0.25, -0.2) is 0 Å². The molecule has 2 amide bonds. The molecule has 34 heavy (non-hydrogen) atoms. The van der Waals surface area contributed by atoms with Crippen LogP contribution < -0.4 is 19.7 Å². The van der Waals surface area contributed by atoms with Crippen LogP contribution in [0.25, 0.3) is 0 Å². The van der Waals surface area contributed by atoms with Gasteiger partial charge in [-0.3, -0.25) is 19.2 Å². The molecule has 0 spiro atoms. The highest BCUT2D eigenvalue weighted by Crippen LogP contribution is 2.40. The first-order valence-electron chi connectivity index (χ1n) is 12.0. The molecular weight excluding hydrogens is 432 g/mol. The van der Waals surface area contributed by atoms with E-state index in [1.165, 1.54) is 6.42 Å². The Kier molecular flexibility index (Phi) is 6.36. The second kappa shape index (κ2) is 8.96. The van der Waals surface area contributed by atoms with Crippen molar-refractivity contribution in [3.8, 4) is 11.5 Å². The van der Waals surface area contributed by atoms with Crippen LogP contribution in [0.2, 0.25) is 0 Å². The fraction of sp³-hybridized carbons (Fsp3) is 0.577. The molecule has 1 aliphatic heterocycles. The molecule has 1 fully saturated rings. The minimum Gasteiger partial charge on any atom is -0.497 e. The minimum atomic E-state index is -1.19. The molecule has 1 aromatic heterocycles. The molecule has 0 saturated heterocycles. The molecule has 1 aliphatic carbocycles. The fourth-order valence-electron chi connectivity index (χ4n) is 4.88. The van der Waals surface area contributed by atoms with Gasteiger partial charge < -0.3 is 14.8 Å². The number of carbonyl (C=O) groups is 2. The van der Waals surface area contributed by atoms with Crippen LogP contribution in [0, 0.1) is 0 Å². The number of rotatable bonds is 5. The number of fused-ring (bicyclic) bond motifs is 1. The monoisotopic (exact) mass is 468 g/mol. The number of hydrogen-bond acceptors (Lipinski definition) is 5. The predicted octanol–water partition coefficient (Wildman–Crippen LogP) is 4.07. The third-order valence-corrected chi connectivity index (χ3v) is 6.98. The van der Waals surface area contributed by atoms with Crippen molar-refractivity contribution in [2.24, 2.45) is 0 Å². The predicted molar refractivity (Wildman–Crippen MR) is 131 cm³/mol. The molecule has 0 bridgehead atoms. The second-order valence-electron chi connectivity index (χ2n) is 10.6. The third-order valence-electron chi connectivity index (χ3n) is 6.98. The summed E-state index contributed by atoms with van der Waals surface area (Å²) >= 11 is 0. The standard InChI is InChI=1S/C26H36N4O4/c1-25(2,3)22-15-20-23(31)30(19-13-12-18(33-5)14-21(19)34-6)26(4,16-29(20)28-22)24(32)27-17-10-8-7-9-11-17/h12-15,17H,7-11,16H2,1-6H3,(H,27,32)/t26-/m1/s1. The van der Waals surface area contributed by atoms with Gasteiger partial charge in [-0.2, -0.15) is 5.10 Å². The van der Waals surface area contributed by atoms with Crippen molar-refractivity contribution in [1.29, 1.82) is 0 Å². The van der Waals surface area contributed by atoms with Crippen LogP contribution in [0.5, 0.6) is 11.5 Å². The lowest BCUT2D eigenvalue weighted by Crippen LogP contribution is -2.65. The zero-order valence-corrected chi connectivity index (χ0v) is 21.1. The highest BCUT2D eigenvalue weighted by atomic mass is 16.5. The van der Waals surface area contributed by atoms with Crippen molar-refractivity contribution in [2.75, 3.05) is 19.1 Å². The summed E-state index contributed by atoms with van der Waals surface area (Å²) in [6.07, 6.45) is 5.33. The van der Waals surface area contributed by atoms with E-state index in [2.05, 4.69) is 26.1 Å². The molecule has 1 N–H and O–H groups in total. The van der Waals surface area contributed by atoms with Crippen molar-refractivity contribution in [3.63, 3.8) is 0 Å². The number of ether oxygens (including phenoxy) is 2. The lowest BCUT2D eigenvalue weighted by molar-refractivity contribution is -0.127. The second-order valence-corrected chi connectivity index (χ2v) is 10.6. The van der Waals surface area contributed by atoms with Crippen LogP contribution in [0.1, 0.15) is 76.0 Å². The zero-order valence-electron chi connectivity index (χ0n) is 21.1. The van der Waals surface area contributed by atoms with E-state index in [0.29, 0.717) is 22.9 Å². The molecule has 2 aliphatic rings. The number of aromatic nitrogens is 2. The summed E-state index contributed by atoms with van der Waals surface area (Å²) in [7, 11) is 3.13. The van der Waals surface area contributed by atoms with Crippen molar-refractivity contribution in [3.05, 3.63) is 35.7 Å². The Morgan fingerprint density at radius 2 is 1.82 bits per heavy atom. The Hall–Kier alpha value is -3.03. The van der Waals surface area contributed by atoms with Crippen LogP contribution in [-0.4, -0.2) is 47.4 Å². The molecule has 4 rings (SSSR count). The number of hydrogen-bond donors (Lipinski definition) is 1. The molecule has 0 radical (unpaired) electrons. The lowest BCUT2D eigenvalue weighted by Gasteiger charge is -2.44. The number of amides is 2. The highest BCUT2D eigenvalue weighted by Gasteiger charge is 2.50. The van der Waals surface area contributed by atoms with E-state index >= 15 is 0 Å². The van der Waals surface area contributed by atoms with Gasteiger partial charge in [0, 0.05) is 17.5 Å². The summed E-state index contributed by atoms with van der Waals surface area (Å²) in [5, 5.41) is 7.97. The average molecular weight is 469 g/mol. The van der Waals surface area contributed by atoms with Gasteiger partial charge in [-0.15, -0.1) is 0 Å². The van der Waals surface area contributed by atoms with Gasteiger partial charge >= 0.3 is 0 Å². The average Bonchev–Trinajstić information content (AvgIpc) is 3.24. The molecule has 0 unspecified atom stereocenters. The highest BCUT2D eigenvalue weighted by molar-refractivity contribution is 6.12. The van der Waals surface area contributed by atoms with E-state index in [-0.39, 0.29) is 29.8 Å². The van der Waals surface area contributed by atoms with Crippen LogP contribution in [-0.2, 0) is 16.8 Å². The fourth-order valence-corrected chi connectivity index (χ4v) is 4.88. The van der Waals surface area contributed by atoms with E-state index in [4.69, 9.17) is 14.6 Å². The number of carbonyl (C=O) groups excluding carboxylic acids is 2. The van der Waals surface area contributed by atoms with E-state index in [1.807, 2.05) is 13.0 Å². The summed E-state index contributed by atoms with van der Waals surface area (Å²) < 4.78 is 12.7. The molecule has 1 saturated carbocycles. The molecule has 1 aromatic carbocycles. The van der Waals surface area contributed by atoms with Crippen molar-refractivity contribution >= 4 is 17.5 Å². The smallest absolute Gasteiger partial charge is 0.277 e. The van der Waals surface area contributed by atoms with Gasteiger partial charge in [0.25, 0.3) is 5.91 Å². The van der Waals surface area contributed by atoms with Crippen molar-refractivity contribution < 1.29 is 19.1 Å². The maximum Gasteiger partial charge on any atom is 0.277 e. The summed E-state index contributed by atoms with van der Waals surface area (Å²) in [5.41, 5.74) is 0.387. The Labute approximate surface area is 201 Å². The quantitative estimate of drug-likeness (QED) is 0.715. The third kappa shape index (κ3) is 4.26. The molecular formula is C26H36N4O4. The number of nitrogens with zero attached hydrogens (tertiary/aromatic N) is 3. The molecule has 8 nitrogen and oxygen atoms in total. The normalized spacial score (nSPS) is 21.2. The van der Waals surface area contributed by atoms with Gasteiger partial charge in [0.05, 0.1) is 32.1 Å². The van der Waals surface area contributed by atoms with Gasteiger partial charge in [-0.1, -0.05) is 40.0 Å². The van der Waals surface area contributed by atoms with Crippen LogP contribution in [0.4, 0.5) is 5.69 Å². The Morgan fingerprint density at radius 3 is 2.44 bits per heavy atom. The van der Waals surface area contributed by atoms with Crippen molar-refractivity contribution in [1.82, 2.24) is 15.1 Å². The van der Waals surface area contributed by atoms with E-state index < -0.39 is 5.54 Å². The molecule has 2 aromatic rings. The molecule has 2 heterocycles. The first-order chi connectivity index (χ1) is 16.1. The topological polar surface area (TPSA) is 85.7 Å². The number of benzene rings is 1. The lowest BCUT2D eigenvalue weighted by atomic mass is 9.90. The van der Waals surface area contributed by atoms with E-state index in [9.17, 15) is 9.59 Å². The summed E-state index contributed by atoms with van der Waals surface area (Å²) in [6, 6.07) is 7.24. The summed E-state index contributed by atoms with van der Waals surface area (Å²) in [4.78, 5) is 29.4. The summed E-state index contributed by atoms with van der Waals surface area (Å²) in [6.45, 7) is 8.24. The number of methoxy groups -OCH3 is 2. The van der Waals surface area contributed by atoms with Gasteiger partial charge in [0.1, 0.15) is 22.7 Å². The van der Waals surface area contributed by atoms with Crippen LogP contribution in [0.3, 0.4) is 0 Å². The summed E-state index contributed by atoms with van der Waals surface area (Å²) in [5.74, 6) is 0.620. The number of nitrogens with one attached hydrogen (secondary N) is 1. The Morgan fingerprint density at radius 1 is 1.12 bits per heavy atom. The van der Waals surface area contributed by atoms with Crippen molar-refractivity contribution in [2.45, 2.75) is 83.3 Å². The van der Waals surface area contributed by atoms with E-state index in [0.717, 1.165) is 31.4 Å². The molecule has 184 valence electrons. The maximum atomic E-state index is 14.0. The van der Waals surface area contributed by atoms with Crippen LogP contribution >= 0.6 is 0 Å². The van der Waals surface area contributed by atoms with Gasteiger partial charge in [-0.05, 0) is 38.0 Å². The minimum absolute atomic E-state index is 0.122. The Bertz CT molecular complexity index is 1080. The molecule has 8 heteroatoms. The first kappa shape index (κ1) is 24.1. The largest absolute Gasteiger partial charge is 0.497 e. The van der Waals surface area contributed by atoms with Gasteiger partial charge in [0.15, 0.2) is 0 Å². The first-order valence-corrected chi connectivity index (χ1v) is 12.0. The Balaban J connectivity index is 1.82.